The van der Waals surface area contributed by atoms with E-state index in [4.69, 9.17) is 4.98 Å². The molecular weight excluding hydrogens is 657 g/mol. The predicted molar refractivity (Wildman–Crippen MR) is 221 cm³/mol. The Morgan fingerprint density at radius 1 is 0.353 bits per heavy atom. The van der Waals surface area contributed by atoms with Crippen molar-refractivity contribution >= 4 is 84.8 Å². The minimum Gasteiger partial charge on any atom is -0.309 e. The van der Waals surface area contributed by atoms with Gasteiger partial charge in [-0.15, -0.1) is 22.7 Å². The maximum Gasteiger partial charge on any atom is 0.0716 e. The molecule has 0 unspecified atom stereocenters. The Balaban J connectivity index is 1.12. The molecule has 0 saturated carbocycles. The summed E-state index contributed by atoms with van der Waals surface area (Å²) in [5.74, 6) is 0. The van der Waals surface area contributed by atoms with Gasteiger partial charge in [-0.2, -0.15) is 0 Å². The molecule has 4 heterocycles. The zero-order valence-electron chi connectivity index (χ0n) is 27.4. The van der Waals surface area contributed by atoms with Gasteiger partial charge in [0.25, 0.3) is 0 Å². The van der Waals surface area contributed by atoms with E-state index in [2.05, 4.69) is 174 Å². The zero-order chi connectivity index (χ0) is 33.5. The van der Waals surface area contributed by atoms with Crippen molar-refractivity contribution < 1.29 is 0 Å². The monoisotopic (exact) mass is 684 g/mol. The van der Waals surface area contributed by atoms with E-state index in [0.717, 1.165) is 33.8 Å². The summed E-state index contributed by atoms with van der Waals surface area (Å²) in [6.45, 7) is 0. The fourth-order valence-corrected chi connectivity index (χ4v) is 10.1. The lowest BCUT2D eigenvalue weighted by molar-refractivity contribution is 1.18. The summed E-state index contributed by atoms with van der Waals surface area (Å²) >= 11 is 3.73. The van der Waals surface area contributed by atoms with Crippen LogP contribution in [0.2, 0.25) is 0 Å². The summed E-state index contributed by atoms with van der Waals surface area (Å²) in [5, 5.41) is 7.86. The number of hydrogen-bond donors (Lipinski definition) is 0. The smallest absolute Gasteiger partial charge is 0.0716 e. The van der Waals surface area contributed by atoms with Crippen molar-refractivity contribution in [1.29, 1.82) is 0 Å². The van der Waals surface area contributed by atoms with Gasteiger partial charge in [0.1, 0.15) is 0 Å². The van der Waals surface area contributed by atoms with Gasteiger partial charge in [0, 0.05) is 67.9 Å². The highest BCUT2D eigenvalue weighted by atomic mass is 32.1. The van der Waals surface area contributed by atoms with Gasteiger partial charge in [-0.1, -0.05) is 103 Å². The third kappa shape index (κ3) is 4.51. The molecule has 0 saturated heterocycles. The lowest BCUT2D eigenvalue weighted by atomic mass is 9.98. The highest BCUT2D eigenvalue weighted by Crippen LogP contribution is 2.44. The third-order valence-corrected chi connectivity index (χ3v) is 12.5. The molecule has 0 N–H and O–H groups in total. The van der Waals surface area contributed by atoms with Crippen molar-refractivity contribution in [3.63, 3.8) is 0 Å². The molecule has 0 fully saturated rings. The number of pyridine rings is 1. The van der Waals surface area contributed by atoms with Gasteiger partial charge in [0.2, 0.25) is 0 Å². The van der Waals surface area contributed by atoms with E-state index in [-0.39, 0.29) is 0 Å². The highest BCUT2D eigenvalue weighted by molar-refractivity contribution is 7.26. The Morgan fingerprint density at radius 3 is 1.86 bits per heavy atom. The SMILES string of the molecule is c1ccc(-c2cc(-c3ccc4sc5ccccc5c4c3)cc(-c3cccc(-n4c5ccccc5c5c6c(ccc54)sc4ccccc46)c3)n2)cc1. The van der Waals surface area contributed by atoms with Crippen LogP contribution in [0.25, 0.3) is 101 Å². The molecule has 0 spiro atoms. The molecular formula is C47H28N2S2. The number of benzene rings is 7. The number of fused-ring (bicyclic) bond motifs is 10. The molecule has 0 aliphatic heterocycles. The first-order valence-electron chi connectivity index (χ1n) is 17.2. The van der Waals surface area contributed by atoms with Gasteiger partial charge in [0.15, 0.2) is 0 Å². The van der Waals surface area contributed by atoms with Crippen LogP contribution >= 0.6 is 22.7 Å². The normalized spacial score (nSPS) is 11.9. The van der Waals surface area contributed by atoms with Crippen LogP contribution in [0.15, 0.2) is 170 Å². The average Bonchev–Trinajstić information content (AvgIpc) is 3.87. The molecule has 11 aromatic rings. The largest absolute Gasteiger partial charge is 0.309 e. The lowest BCUT2D eigenvalue weighted by Gasteiger charge is -2.13. The standard InChI is InChI=1S/C47H28N2S2/c1-2-11-29(12-3-1)38-27-32(30-21-23-44-37(26-30)34-15-5-8-19-42(34)50-44)28-39(48-38)31-13-10-14-33(25-31)49-40-18-7-4-16-35(40)46-41(49)22-24-45-47(46)36-17-6-9-20-43(36)51-45/h1-28H. The molecule has 2 nitrogen and oxygen atoms in total. The topological polar surface area (TPSA) is 17.8 Å². The van der Waals surface area contributed by atoms with Gasteiger partial charge < -0.3 is 4.57 Å². The van der Waals surface area contributed by atoms with E-state index in [1.807, 2.05) is 22.7 Å². The second-order valence-electron chi connectivity index (χ2n) is 13.1. The quantitative estimate of drug-likeness (QED) is 0.180. The number of para-hydroxylation sites is 1. The van der Waals surface area contributed by atoms with Crippen molar-refractivity contribution in [1.82, 2.24) is 9.55 Å². The zero-order valence-corrected chi connectivity index (χ0v) is 29.0. The Hall–Kier alpha value is -6.07. The minimum atomic E-state index is 0.954. The number of thiophene rings is 2. The number of rotatable bonds is 4. The van der Waals surface area contributed by atoms with Crippen LogP contribution in [-0.2, 0) is 0 Å². The Kier molecular flexibility index (Phi) is 6.32. The molecule has 7 aromatic carbocycles. The number of nitrogens with zero attached hydrogens (tertiary/aromatic N) is 2. The van der Waals surface area contributed by atoms with Crippen molar-refractivity contribution in [2.75, 3.05) is 0 Å². The van der Waals surface area contributed by atoms with Crippen molar-refractivity contribution in [3.05, 3.63) is 170 Å². The summed E-state index contributed by atoms with van der Waals surface area (Å²) in [4.78, 5) is 5.31. The summed E-state index contributed by atoms with van der Waals surface area (Å²) in [6.07, 6.45) is 0. The molecule has 4 aromatic heterocycles. The number of hydrogen-bond acceptors (Lipinski definition) is 3. The average molecular weight is 685 g/mol. The first-order valence-corrected chi connectivity index (χ1v) is 18.8. The van der Waals surface area contributed by atoms with Crippen molar-refractivity contribution in [3.8, 4) is 39.3 Å². The van der Waals surface area contributed by atoms with Crippen LogP contribution in [0, 0.1) is 0 Å². The highest BCUT2D eigenvalue weighted by Gasteiger charge is 2.18. The maximum absolute atomic E-state index is 5.31. The van der Waals surface area contributed by atoms with Crippen LogP contribution in [0.4, 0.5) is 0 Å². The van der Waals surface area contributed by atoms with Gasteiger partial charge in [0.05, 0.1) is 22.4 Å². The van der Waals surface area contributed by atoms with Crippen LogP contribution in [-0.4, -0.2) is 9.55 Å². The molecule has 0 amide bonds. The van der Waals surface area contributed by atoms with Crippen LogP contribution in [0.1, 0.15) is 0 Å². The first kappa shape index (κ1) is 28.7. The van der Waals surface area contributed by atoms with Gasteiger partial charge in [-0.05, 0) is 77.9 Å². The van der Waals surface area contributed by atoms with E-state index < -0.39 is 0 Å². The summed E-state index contributed by atoms with van der Waals surface area (Å²) < 4.78 is 7.70. The molecule has 0 aliphatic rings. The fourth-order valence-electron chi connectivity index (χ4n) is 7.86. The van der Waals surface area contributed by atoms with Crippen LogP contribution in [0.5, 0.6) is 0 Å². The first-order chi connectivity index (χ1) is 25.3. The molecule has 11 rings (SSSR count). The third-order valence-electron chi connectivity index (χ3n) is 10.2. The van der Waals surface area contributed by atoms with Gasteiger partial charge in [-0.3, -0.25) is 0 Å². The summed E-state index contributed by atoms with van der Waals surface area (Å²) in [7, 11) is 0. The van der Waals surface area contributed by atoms with Gasteiger partial charge in [-0.25, -0.2) is 4.98 Å². The van der Waals surface area contributed by atoms with Crippen molar-refractivity contribution in [2.45, 2.75) is 0 Å². The van der Waals surface area contributed by atoms with E-state index in [1.54, 1.807) is 0 Å². The van der Waals surface area contributed by atoms with E-state index in [9.17, 15) is 0 Å². The second-order valence-corrected chi connectivity index (χ2v) is 15.3. The molecule has 0 atom stereocenters. The summed E-state index contributed by atoms with van der Waals surface area (Å²) in [6, 6.07) is 61.7. The van der Waals surface area contributed by atoms with Crippen LogP contribution in [0.3, 0.4) is 0 Å². The molecule has 0 aliphatic carbocycles. The Labute approximate surface area is 302 Å². The molecule has 4 heteroatoms. The molecule has 238 valence electrons. The lowest BCUT2D eigenvalue weighted by Crippen LogP contribution is -1.96. The van der Waals surface area contributed by atoms with Crippen molar-refractivity contribution in [2.24, 2.45) is 0 Å². The molecule has 0 radical (unpaired) electrons. The predicted octanol–water partition coefficient (Wildman–Crippen LogP) is 13.9. The second kappa shape index (κ2) is 11.2. The number of aromatic nitrogens is 2. The fraction of sp³-hybridized carbons (Fsp3) is 0. The van der Waals surface area contributed by atoms with Gasteiger partial charge >= 0.3 is 0 Å². The molecule has 51 heavy (non-hydrogen) atoms. The summed E-state index contributed by atoms with van der Waals surface area (Å²) in [5.41, 5.74) is 10.0. The maximum atomic E-state index is 5.31. The Morgan fingerprint density at radius 2 is 1.00 bits per heavy atom. The van der Waals surface area contributed by atoms with E-state index in [1.165, 1.54) is 67.7 Å². The molecule has 0 bridgehead atoms. The Bertz CT molecular complexity index is 3140. The minimum absolute atomic E-state index is 0.954. The van der Waals surface area contributed by atoms with E-state index in [0.29, 0.717) is 0 Å². The van der Waals surface area contributed by atoms with E-state index >= 15 is 0 Å². The van der Waals surface area contributed by atoms with Crippen LogP contribution < -0.4 is 0 Å².